The number of rotatable bonds is 15. The van der Waals surface area contributed by atoms with E-state index in [4.69, 9.17) is 0 Å². The first-order chi connectivity index (χ1) is 9.99. The molecule has 4 nitrogen and oxygen atoms in total. The maximum absolute atomic E-state index is 10.6. The van der Waals surface area contributed by atoms with Crippen LogP contribution in [0.4, 0.5) is 0 Å². The summed E-state index contributed by atoms with van der Waals surface area (Å²) in [4.78, 5) is 21.2. The Kier molecular flexibility index (Phi) is 13.8. The molecule has 0 aliphatic rings. The van der Waals surface area contributed by atoms with Crippen LogP contribution >= 0.6 is 7.82 Å². The number of hydrogen-bond donors (Lipinski definition) is 0. The summed E-state index contributed by atoms with van der Waals surface area (Å²) in [5.41, 5.74) is 0. The summed E-state index contributed by atoms with van der Waals surface area (Å²) in [6.45, 7) is 4.45. The van der Waals surface area contributed by atoms with Crippen LogP contribution in [-0.4, -0.2) is 6.61 Å². The van der Waals surface area contributed by atoms with Gasteiger partial charge in [0.25, 0.3) is 0 Å². The van der Waals surface area contributed by atoms with Crippen LogP contribution in [-0.2, 0) is 9.09 Å². The standard InChI is InChI=1S/C16H35O4P/c1-3-5-7-9-10-12-14-16(13-11-8-6-4-2)15-20-21(17,18)19/h16H,3-15H2,1-2H3,(H2,17,18,19)/p-2. The van der Waals surface area contributed by atoms with Crippen molar-refractivity contribution in [2.75, 3.05) is 6.61 Å². The van der Waals surface area contributed by atoms with E-state index in [-0.39, 0.29) is 12.5 Å². The normalized spacial score (nSPS) is 13.5. The van der Waals surface area contributed by atoms with Crippen molar-refractivity contribution in [1.29, 1.82) is 0 Å². The number of phosphoric ester groups is 1. The minimum atomic E-state index is -4.82. The molecule has 0 fully saturated rings. The van der Waals surface area contributed by atoms with Gasteiger partial charge in [0.2, 0.25) is 0 Å². The fourth-order valence-electron chi connectivity index (χ4n) is 2.58. The topological polar surface area (TPSA) is 72.4 Å². The number of hydrogen-bond acceptors (Lipinski definition) is 4. The third-order valence-corrected chi connectivity index (χ3v) is 4.37. The largest absolute Gasteiger partial charge is 0.790 e. The average molecular weight is 320 g/mol. The van der Waals surface area contributed by atoms with Gasteiger partial charge in [-0.25, -0.2) is 0 Å². The molecule has 0 N–H and O–H groups in total. The first-order valence-electron chi connectivity index (χ1n) is 8.66. The van der Waals surface area contributed by atoms with Gasteiger partial charge in [-0.15, -0.1) is 0 Å². The predicted octanol–water partition coefficient (Wildman–Crippen LogP) is 4.17. The van der Waals surface area contributed by atoms with Crippen molar-refractivity contribution in [2.24, 2.45) is 5.92 Å². The smallest absolute Gasteiger partial charge is 0.0596 e. The van der Waals surface area contributed by atoms with Crippen LogP contribution in [0.15, 0.2) is 0 Å². The highest BCUT2D eigenvalue weighted by Crippen LogP contribution is 2.28. The van der Waals surface area contributed by atoms with Crippen LogP contribution in [0.3, 0.4) is 0 Å². The molecule has 0 aromatic heterocycles. The molecule has 0 heterocycles. The molecule has 0 aliphatic heterocycles. The van der Waals surface area contributed by atoms with Crippen molar-refractivity contribution in [3.63, 3.8) is 0 Å². The van der Waals surface area contributed by atoms with E-state index in [0.717, 1.165) is 25.7 Å². The van der Waals surface area contributed by atoms with E-state index >= 15 is 0 Å². The van der Waals surface area contributed by atoms with Crippen LogP contribution in [0.1, 0.15) is 90.9 Å². The molecule has 0 radical (unpaired) electrons. The molecule has 5 heteroatoms. The summed E-state index contributed by atoms with van der Waals surface area (Å²) >= 11 is 0. The Morgan fingerprint density at radius 1 is 0.810 bits per heavy atom. The molecule has 0 bridgehead atoms. The Morgan fingerprint density at radius 3 is 1.71 bits per heavy atom. The van der Waals surface area contributed by atoms with Crippen molar-refractivity contribution < 1.29 is 18.9 Å². The molecule has 0 saturated carbocycles. The van der Waals surface area contributed by atoms with Crippen LogP contribution < -0.4 is 9.79 Å². The lowest BCUT2D eigenvalue weighted by molar-refractivity contribution is -0.342. The van der Waals surface area contributed by atoms with Gasteiger partial charge in [0, 0.05) is 0 Å². The predicted molar refractivity (Wildman–Crippen MR) is 83.8 cm³/mol. The van der Waals surface area contributed by atoms with Crippen LogP contribution in [0.2, 0.25) is 0 Å². The Balaban J connectivity index is 3.86. The molecule has 21 heavy (non-hydrogen) atoms. The molecule has 0 amide bonds. The lowest BCUT2D eigenvalue weighted by atomic mass is 9.95. The summed E-state index contributed by atoms with van der Waals surface area (Å²) in [5.74, 6) is 0.212. The molecule has 0 aromatic rings. The summed E-state index contributed by atoms with van der Waals surface area (Å²) in [7, 11) is -4.82. The molecular formula is C16H33O4P-2. The second kappa shape index (κ2) is 13.8. The lowest BCUT2D eigenvalue weighted by Crippen LogP contribution is -2.20. The second-order valence-electron chi connectivity index (χ2n) is 6.01. The van der Waals surface area contributed by atoms with Crippen LogP contribution in [0, 0.1) is 5.92 Å². The minimum absolute atomic E-state index is 0.0748. The van der Waals surface area contributed by atoms with Crippen molar-refractivity contribution in [1.82, 2.24) is 0 Å². The van der Waals surface area contributed by atoms with Gasteiger partial charge >= 0.3 is 0 Å². The van der Waals surface area contributed by atoms with Crippen molar-refractivity contribution in [3.8, 4) is 0 Å². The first-order valence-corrected chi connectivity index (χ1v) is 10.1. The van der Waals surface area contributed by atoms with Crippen LogP contribution in [0.5, 0.6) is 0 Å². The quantitative estimate of drug-likeness (QED) is 0.335. The Hall–Kier alpha value is 0.110. The fourth-order valence-corrected chi connectivity index (χ4v) is 2.97. The molecule has 0 rings (SSSR count). The van der Waals surface area contributed by atoms with Crippen molar-refractivity contribution in [3.05, 3.63) is 0 Å². The highest BCUT2D eigenvalue weighted by Gasteiger charge is 2.10. The van der Waals surface area contributed by atoms with E-state index in [0.29, 0.717) is 0 Å². The van der Waals surface area contributed by atoms with E-state index in [1.54, 1.807) is 0 Å². The third-order valence-electron chi connectivity index (χ3n) is 3.90. The average Bonchev–Trinajstić information content (AvgIpc) is 2.42. The molecule has 1 unspecified atom stereocenters. The summed E-state index contributed by atoms with van der Waals surface area (Å²) in [6, 6.07) is 0. The van der Waals surface area contributed by atoms with Crippen LogP contribution in [0.25, 0.3) is 0 Å². The highest BCUT2D eigenvalue weighted by molar-refractivity contribution is 7.43. The van der Waals surface area contributed by atoms with E-state index in [1.807, 2.05) is 0 Å². The second-order valence-corrected chi connectivity index (χ2v) is 7.17. The maximum atomic E-state index is 10.6. The number of unbranched alkanes of at least 4 members (excludes halogenated alkanes) is 8. The highest BCUT2D eigenvalue weighted by atomic mass is 31.2. The molecule has 1 atom stereocenters. The van der Waals surface area contributed by atoms with Gasteiger partial charge in [-0.1, -0.05) is 78.1 Å². The van der Waals surface area contributed by atoms with Gasteiger partial charge in [0.05, 0.1) is 14.4 Å². The Labute approximate surface area is 130 Å². The van der Waals surface area contributed by atoms with Gasteiger partial charge in [0.15, 0.2) is 0 Å². The van der Waals surface area contributed by atoms with E-state index in [9.17, 15) is 14.4 Å². The van der Waals surface area contributed by atoms with E-state index in [2.05, 4.69) is 18.4 Å². The SMILES string of the molecule is CCCCCCCCC(CCCCCC)COP(=O)([O-])[O-]. The first kappa shape index (κ1) is 21.1. The molecule has 0 aromatic carbocycles. The Bertz CT molecular complexity index is 265. The Morgan fingerprint density at radius 2 is 1.24 bits per heavy atom. The van der Waals surface area contributed by atoms with Gasteiger partial charge in [-0.05, 0) is 18.8 Å². The zero-order valence-corrected chi connectivity index (χ0v) is 14.7. The zero-order valence-electron chi connectivity index (χ0n) is 13.8. The lowest BCUT2D eigenvalue weighted by Gasteiger charge is -2.31. The van der Waals surface area contributed by atoms with Crippen molar-refractivity contribution >= 4 is 7.82 Å². The minimum Gasteiger partial charge on any atom is -0.790 e. The monoisotopic (exact) mass is 320 g/mol. The fraction of sp³-hybridized carbons (Fsp3) is 1.00. The van der Waals surface area contributed by atoms with Crippen molar-refractivity contribution in [2.45, 2.75) is 90.9 Å². The molecular weight excluding hydrogens is 287 g/mol. The zero-order chi connectivity index (χ0) is 16.0. The summed E-state index contributed by atoms with van der Waals surface area (Å²) < 4.78 is 15.1. The van der Waals surface area contributed by atoms with Gasteiger partial charge < -0.3 is 18.9 Å². The molecule has 0 spiro atoms. The molecule has 0 aliphatic carbocycles. The summed E-state index contributed by atoms with van der Waals surface area (Å²) in [5, 5.41) is 0. The van der Waals surface area contributed by atoms with Gasteiger partial charge in [0.1, 0.15) is 0 Å². The molecule has 128 valence electrons. The van der Waals surface area contributed by atoms with E-state index in [1.165, 1.54) is 51.4 Å². The third kappa shape index (κ3) is 16.3. The van der Waals surface area contributed by atoms with E-state index < -0.39 is 7.82 Å². The number of phosphoric acid groups is 1. The van der Waals surface area contributed by atoms with Gasteiger partial charge in [-0.3, -0.25) is 0 Å². The van der Waals surface area contributed by atoms with Gasteiger partial charge in [-0.2, -0.15) is 0 Å². The molecule has 0 saturated heterocycles. The maximum Gasteiger partial charge on any atom is 0.0596 e. The summed E-state index contributed by atoms with van der Waals surface area (Å²) in [6.07, 6.45) is 14.0.